The number of benzene rings is 2. The highest BCUT2D eigenvalue weighted by Crippen LogP contribution is 2.24. The maximum atomic E-state index is 13.3. The van der Waals surface area contributed by atoms with Crippen molar-refractivity contribution in [3.63, 3.8) is 0 Å². The molecule has 0 aliphatic heterocycles. The van der Waals surface area contributed by atoms with Crippen LogP contribution in [-0.4, -0.2) is 28.8 Å². The fourth-order valence-electron chi connectivity index (χ4n) is 3.33. The van der Waals surface area contributed by atoms with Crippen molar-refractivity contribution in [2.24, 2.45) is 0 Å². The topological polar surface area (TPSA) is 49.4 Å². The van der Waals surface area contributed by atoms with Crippen LogP contribution in [0.15, 0.2) is 36.4 Å². The summed E-state index contributed by atoms with van der Waals surface area (Å²) in [5.41, 5.74) is 3.89. The summed E-state index contributed by atoms with van der Waals surface area (Å²) in [5, 5.41) is 3.97. The maximum absolute atomic E-state index is 13.3. The Balaban J connectivity index is 2.30. The Morgan fingerprint density at radius 1 is 1.03 bits per heavy atom. The predicted octanol–water partition coefficient (Wildman–Crippen LogP) is 5.48. The molecule has 0 aliphatic rings. The quantitative estimate of drug-likeness (QED) is 0.580. The Kier molecular flexibility index (Phi) is 8.75. The van der Waals surface area contributed by atoms with Gasteiger partial charge in [0.25, 0.3) is 0 Å². The Bertz CT molecular complexity index is 894. The van der Waals surface area contributed by atoms with Gasteiger partial charge in [-0.3, -0.25) is 9.59 Å². The van der Waals surface area contributed by atoms with Crippen LogP contribution >= 0.6 is 23.2 Å². The van der Waals surface area contributed by atoms with Crippen molar-refractivity contribution in [1.82, 2.24) is 10.2 Å². The lowest BCUT2D eigenvalue weighted by molar-refractivity contribution is -0.140. The van der Waals surface area contributed by atoms with Crippen LogP contribution in [0.2, 0.25) is 10.0 Å². The molecule has 2 atom stereocenters. The Morgan fingerprint density at radius 3 is 2.23 bits per heavy atom. The number of amides is 2. The van der Waals surface area contributed by atoms with Crippen molar-refractivity contribution in [1.29, 1.82) is 0 Å². The summed E-state index contributed by atoms with van der Waals surface area (Å²) in [6, 6.07) is 10.7. The van der Waals surface area contributed by atoms with E-state index in [1.54, 1.807) is 30.0 Å². The number of nitrogens with one attached hydrogen (secondary N) is 1. The Labute approximate surface area is 189 Å². The van der Waals surface area contributed by atoms with Crippen LogP contribution in [0.1, 0.15) is 49.4 Å². The molecule has 2 amide bonds. The van der Waals surface area contributed by atoms with E-state index in [0.29, 0.717) is 10.0 Å². The first-order valence-electron chi connectivity index (χ1n) is 10.2. The molecule has 0 bridgehead atoms. The molecule has 0 spiro atoms. The average molecular weight is 449 g/mol. The third kappa shape index (κ3) is 6.75. The molecule has 2 aromatic rings. The smallest absolute Gasteiger partial charge is 0.242 e. The molecule has 2 rings (SSSR count). The number of aryl methyl sites for hydroxylation is 2. The number of nitrogens with zero attached hydrogens (tertiary/aromatic N) is 1. The van der Waals surface area contributed by atoms with Gasteiger partial charge in [0.2, 0.25) is 11.8 Å². The number of halogens is 2. The third-order valence-corrected chi connectivity index (χ3v) is 5.75. The van der Waals surface area contributed by atoms with Crippen LogP contribution in [0.4, 0.5) is 0 Å². The van der Waals surface area contributed by atoms with E-state index in [1.165, 1.54) is 0 Å². The Morgan fingerprint density at radius 2 is 1.67 bits per heavy atom. The van der Waals surface area contributed by atoms with Gasteiger partial charge in [0.1, 0.15) is 6.04 Å². The first kappa shape index (κ1) is 24.2. The second-order valence-corrected chi connectivity index (χ2v) is 8.77. The van der Waals surface area contributed by atoms with Gasteiger partial charge in [-0.15, -0.1) is 0 Å². The van der Waals surface area contributed by atoms with E-state index in [2.05, 4.69) is 11.4 Å². The van der Waals surface area contributed by atoms with Gasteiger partial charge in [-0.1, -0.05) is 65.5 Å². The van der Waals surface area contributed by atoms with Crippen LogP contribution in [0.5, 0.6) is 0 Å². The summed E-state index contributed by atoms with van der Waals surface area (Å²) in [4.78, 5) is 27.7. The summed E-state index contributed by atoms with van der Waals surface area (Å²) in [7, 11) is 0. The molecule has 0 fully saturated rings. The molecule has 0 unspecified atom stereocenters. The summed E-state index contributed by atoms with van der Waals surface area (Å²) in [6.07, 6.45) is 1.03. The van der Waals surface area contributed by atoms with E-state index in [9.17, 15) is 9.59 Å². The van der Waals surface area contributed by atoms with Crippen LogP contribution < -0.4 is 5.32 Å². The summed E-state index contributed by atoms with van der Waals surface area (Å²) in [5.74, 6) is -0.305. The summed E-state index contributed by atoms with van der Waals surface area (Å²) >= 11 is 12.4. The zero-order chi connectivity index (χ0) is 22.4. The van der Waals surface area contributed by atoms with E-state index in [-0.39, 0.29) is 30.8 Å². The van der Waals surface area contributed by atoms with Crippen molar-refractivity contribution in [3.8, 4) is 0 Å². The minimum absolute atomic E-state index is 0.0374. The largest absolute Gasteiger partial charge is 0.352 e. The Hall–Kier alpha value is -2.04. The fourth-order valence-corrected chi connectivity index (χ4v) is 3.80. The van der Waals surface area contributed by atoms with Gasteiger partial charge in [-0.05, 0) is 57.4 Å². The highest BCUT2D eigenvalue weighted by molar-refractivity contribution is 6.35. The molecule has 162 valence electrons. The predicted molar refractivity (Wildman–Crippen MR) is 124 cm³/mol. The molecule has 30 heavy (non-hydrogen) atoms. The summed E-state index contributed by atoms with van der Waals surface area (Å²) < 4.78 is 0. The molecule has 6 heteroatoms. The highest BCUT2D eigenvalue weighted by Gasteiger charge is 2.27. The minimum atomic E-state index is -0.635. The molecule has 0 saturated carbocycles. The van der Waals surface area contributed by atoms with E-state index in [0.717, 1.165) is 28.7 Å². The van der Waals surface area contributed by atoms with E-state index < -0.39 is 6.04 Å². The highest BCUT2D eigenvalue weighted by atomic mass is 35.5. The number of hydrogen-bond acceptors (Lipinski definition) is 2. The number of hydrogen-bond donors (Lipinski definition) is 1. The SMILES string of the molecule is CC[C@@H](C)NC(=O)[C@@H](C)N(Cc1ccc(Cl)cc1Cl)C(=O)Cc1cc(C)cc(C)c1. The lowest BCUT2D eigenvalue weighted by atomic mass is 10.0. The van der Waals surface area contributed by atoms with Crippen LogP contribution in [0, 0.1) is 13.8 Å². The fraction of sp³-hybridized carbons (Fsp3) is 0.417. The first-order chi connectivity index (χ1) is 14.1. The second-order valence-electron chi connectivity index (χ2n) is 7.92. The number of carbonyl (C=O) groups is 2. The number of carbonyl (C=O) groups excluding carboxylic acids is 2. The van der Waals surface area contributed by atoms with Gasteiger partial charge in [0.05, 0.1) is 6.42 Å². The molecule has 0 saturated heterocycles. The number of rotatable bonds is 8. The molecule has 2 aromatic carbocycles. The minimum Gasteiger partial charge on any atom is -0.352 e. The lowest BCUT2D eigenvalue weighted by Crippen LogP contribution is -2.50. The maximum Gasteiger partial charge on any atom is 0.242 e. The van der Waals surface area contributed by atoms with Gasteiger partial charge >= 0.3 is 0 Å². The van der Waals surface area contributed by atoms with Gasteiger partial charge in [0, 0.05) is 22.6 Å². The van der Waals surface area contributed by atoms with Gasteiger partial charge in [-0.2, -0.15) is 0 Å². The molecule has 0 radical (unpaired) electrons. The zero-order valence-corrected chi connectivity index (χ0v) is 19.8. The van der Waals surface area contributed by atoms with Gasteiger partial charge < -0.3 is 10.2 Å². The van der Waals surface area contributed by atoms with Crippen molar-refractivity contribution >= 4 is 35.0 Å². The molecular weight excluding hydrogens is 419 g/mol. The van der Waals surface area contributed by atoms with Crippen LogP contribution in [-0.2, 0) is 22.6 Å². The molecule has 4 nitrogen and oxygen atoms in total. The third-order valence-electron chi connectivity index (χ3n) is 5.16. The molecular formula is C24H30Cl2N2O2. The van der Waals surface area contributed by atoms with Gasteiger partial charge in [0.15, 0.2) is 0 Å². The first-order valence-corrected chi connectivity index (χ1v) is 11.0. The standard InChI is InChI=1S/C24H30Cl2N2O2/c1-6-17(4)27-24(30)18(5)28(14-20-7-8-21(25)13-22(20)26)23(29)12-19-10-15(2)9-16(3)11-19/h7-11,13,17-18H,6,12,14H2,1-5H3,(H,27,30)/t17-,18-/m1/s1. The molecule has 0 aromatic heterocycles. The van der Waals surface area contributed by atoms with Crippen molar-refractivity contribution in [2.45, 2.75) is 66.1 Å². The van der Waals surface area contributed by atoms with E-state index in [1.807, 2.05) is 39.8 Å². The second kappa shape index (κ2) is 10.8. The molecule has 1 N–H and O–H groups in total. The van der Waals surface area contributed by atoms with Crippen LogP contribution in [0.3, 0.4) is 0 Å². The monoisotopic (exact) mass is 448 g/mol. The molecule has 0 heterocycles. The van der Waals surface area contributed by atoms with E-state index in [4.69, 9.17) is 23.2 Å². The van der Waals surface area contributed by atoms with Crippen molar-refractivity contribution in [2.75, 3.05) is 0 Å². The van der Waals surface area contributed by atoms with Crippen molar-refractivity contribution in [3.05, 3.63) is 68.7 Å². The molecule has 0 aliphatic carbocycles. The zero-order valence-electron chi connectivity index (χ0n) is 18.3. The average Bonchev–Trinajstić information content (AvgIpc) is 2.65. The lowest BCUT2D eigenvalue weighted by Gasteiger charge is -2.30. The normalized spacial score (nSPS) is 12.9. The van der Waals surface area contributed by atoms with Gasteiger partial charge in [-0.25, -0.2) is 0 Å². The van der Waals surface area contributed by atoms with Crippen LogP contribution in [0.25, 0.3) is 0 Å². The van der Waals surface area contributed by atoms with E-state index >= 15 is 0 Å². The summed E-state index contributed by atoms with van der Waals surface area (Å²) in [6.45, 7) is 9.95. The van der Waals surface area contributed by atoms with Crippen molar-refractivity contribution < 1.29 is 9.59 Å².